The highest BCUT2D eigenvalue weighted by Crippen LogP contribution is 2.31. The van der Waals surface area contributed by atoms with Crippen LogP contribution in [0.4, 0.5) is 10.7 Å². The van der Waals surface area contributed by atoms with Crippen LogP contribution in [0.5, 0.6) is 0 Å². The number of amides is 1. The van der Waals surface area contributed by atoms with E-state index in [1.54, 1.807) is 12.4 Å². The normalized spacial score (nSPS) is 23.7. The summed E-state index contributed by atoms with van der Waals surface area (Å²) in [5.41, 5.74) is 0. The van der Waals surface area contributed by atoms with Crippen LogP contribution < -0.4 is 4.90 Å². The molecular weight excluding hydrogens is 348 g/mol. The van der Waals surface area contributed by atoms with Crippen LogP contribution in [0.3, 0.4) is 0 Å². The van der Waals surface area contributed by atoms with Gasteiger partial charge in [-0.15, -0.1) is 0 Å². The molecule has 0 saturated carbocycles. The van der Waals surface area contributed by atoms with Gasteiger partial charge in [-0.2, -0.15) is 0 Å². The van der Waals surface area contributed by atoms with Gasteiger partial charge in [-0.1, -0.05) is 13.3 Å². The maximum atomic E-state index is 12.2. The van der Waals surface area contributed by atoms with Crippen molar-refractivity contribution in [1.29, 1.82) is 0 Å². The molecule has 1 amide bonds. The van der Waals surface area contributed by atoms with Crippen molar-refractivity contribution in [2.75, 3.05) is 24.6 Å². The van der Waals surface area contributed by atoms with Crippen molar-refractivity contribution in [2.24, 2.45) is 0 Å². The summed E-state index contributed by atoms with van der Waals surface area (Å²) in [4.78, 5) is 25.1. The number of anilines is 1. The lowest BCUT2D eigenvalue weighted by Gasteiger charge is -2.50. The minimum absolute atomic E-state index is 0.167. The number of unbranched alkanes of at least 4 members (excludes halogenated alkanes) is 1. The molecule has 0 spiro atoms. The molecule has 7 heteroatoms. The van der Waals surface area contributed by atoms with Gasteiger partial charge in [0.25, 0.3) is 0 Å². The highest BCUT2D eigenvalue weighted by molar-refractivity contribution is 9.10. The molecule has 22 heavy (non-hydrogen) atoms. The number of carbonyl (C=O) groups excluding carboxylic acids is 1. The fourth-order valence-electron chi connectivity index (χ4n) is 3.14. The Balaban J connectivity index is 1.64. The molecular formula is C15H21BrN4O2. The van der Waals surface area contributed by atoms with Crippen LogP contribution in [0, 0.1) is 0 Å². The second-order valence-electron chi connectivity index (χ2n) is 5.86. The van der Waals surface area contributed by atoms with E-state index in [1.165, 1.54) is 0 Å². The largest absolute Gasteiger partial charge is 0.449 e. The van der Waals surface area contributed by atoms with E-state index < -0.39 is 0 Å². The van der Waals surface area contributed by atoms with Crippen LogP contribution in [0.2, 0.25) is 0 Å². The van der Waals surface area contributed by atoms with Gasteiger partial charge in [-0.25, -0.2) is 14.8 Å². The van der Waals surface area contributed by atoms with E-state index in [-0.39, 0.29) is 18.2 Å². The zero-order valence-corrected chi connectivity index (χ0v) is 14.3. The summed E-state index contributed by atoms with van der Waals surface area (Å²) in [5.74, 6) is 0.747. The Labute approximate surface area is 139 Å². The molecule has 0 aromatic carbocycles. The Morgan fingerprint density at radius 2 is 2.05 bits per heavy atom. The van der Waals surface area contributed by atoms with Crippen molar-refractivity contribution in [3.05, 3.63) is 16.9 Å². The molecule has 4 heterocycles. The number of piperazine rings is 1. The standard InChI is InChI=1S/C15H21BrN4O2/c1-2-3-6-22-15(21)20-10-12-4-5-13(20)9-19(12)14-17-7-11(16)8-18-14/h7-8,12-13H,2-6,9-10H2,1H3. The van der Waals surface area contributed by atoms with Crippen molar-refractivity contribution in [3.63, 3.8) is 0 Å². The molecule has 4 rings (SSSR count). The predicted molar refractivity (Wildman–Crippen MR) is 86.9 cm³/mol. The Hall–Kier alpha value is -1.37. The number of fused-ring (bicyclic) bond motifs is 3. The van der Waals surface area contributed by atoms with Crippen molar-refractivity contribution in [2.45, 2.75) is 44.7 Å². The van der Waals surface area contributed by atoms with E-state index in [9.17, 15) is 4.79 Å². The molecule has 1 aromatic rings. The number of ether oxygens (including phenoxy) is 1. The fourth-order valence-corrected chi connectivity index (χ4v) is 3.34. The molecule has 6 nitrogen and oxygen atoms in total. The molecule has 2 bridgehead atoms. The Bertz CT molecular complexity index is 525. The first-order chi connectivity index (χ1) is 10.7. The van der Waals surface area contributed by atoms with Crippen molar-refractivity contribution < 1.29 is 9.53 Å². The third kappa shape index (κ3) is 3.19. The second kappa shape index (κ2) is 6.81. The summed E-state index contributed by atoms with van der Waals surface area (Å²) in [7, 11) is 0. The Morgan fingerprint density at radius 3 is 2.68 bits per heavy atom. The van der Waals surface area contributed by atoms with E-state index >= 15 is 0 Å². The van der Waals surface area contributed by atoms with E-state index in [1.807, 2.05) is 4.90 Å². The van der Waals surface area contributed by atoms with Gasteiger partial charge in [-0.3, -0.25) is 0 Å². The molecule has 3 saturated heterocycles. The fraction of sp³-hybridized carbons (Fsp3) is 0.667. The smallest absolute Gasteiger partial charge is 0.410 e. The van der Waals surface area contributed by atoms with Crippen LogP contribution in [0.25, 0.3) is 0 Å². The lowest BCUT2D eigenvalue weighted by molar-refractivity contribution is 0.0533. The first kappa shape index (κ1) is 15.5. The topological polar surface area (TPSA) is 58.6 Å². The molecule has 120 valence electrons. The average Bonchev–Trinajstić information content (AvgIpc) is 2.56. The van der Waals surface area contributed by atoms with E-state index in [2.05, 4.69) is 37.7 Å². The number of rotatable bonds is 4. The molecule has 0 radical (unpaired) electrons. The monoisotopic (exact) mass is 368 g/mol. The van der Waals surface area contributed by atoms with Gasteiger partial charge >= 0.3 is 6.09 Å². The second-order valence-corrected chi connectivity index (χ2v) is 6.77. The maximum absolute atomic E-state index is 12.2. The summed E-state index contributed by atoms with van der Waals surface area (Å²) in [6.45, 7) is 4.10. The van der Waals surface area contributed by atoms with Crippen molar-refractivity contribution >= 4 is 28.0 Å². The van der Waals surface area contributed by atoms with Crippen molar-refractivity contribution in [3.8, 4) is 0 Å². The minimum Gasteiger partial charge on any atom is -0.449 e. The third-order valence-electron chi connectivity index (χ3n) is 4.35. The third-order valence-corrected chi connectivity index (χ3v) is 4.76. The first-order valence-corrected chi connectivity index (χ1v) is 8.66. The van der Waals surface area contributed by atoms with Crippen LogP contribution in [-0.4, -0.2) is 52.7 Å². The van der Waals surface area contributed by atoms with Gasteiger partial charge in [0.15, 0.2) is 0 Å². The van der Waals surface area contributed by atoms with Gasteiger partial charge in [0.1, 0.15) is 0 Å². The number of piperidine rings is 2. The van der Waals surface area contributed by atoms with Gasteiger partial charge < -0.3 is 14.5 Å². The van der Waals surface area contributed by atoms with Crippen LogP contribution in [0.1, 0.15) is 32.6 Å². The van der Waals surface area contributed by atoms with Crippen LogP contribution in [-0.2, 0) is 4.74 Å². The predicted octanol–water partition coefficient (Wildman–Crippen LogP) is 2.83. The Kier molecular flexibility index (Phi) is 4.81. The Morgan fingerprint density at radius 1 is 1.32 bits per heavy atom. The van der Waals surface area contributed by atoms with Gasteiger partial charge in [-0.05, 0) is 35.2 Å². The summed E-state index contributed by atoms with van der Waals surface area (Å²) >= 11 is 3.36. The summed E-state index contributed by atoms with van der Waals surface area (Å²) in [6, 6.07) is 0.483. The van der Waals surface area contributed by atoms with Crippen LogP contribution in [0.15, 0.2) is 16.9 Å². The number of halogens is 1. The first-order valence-electron chi connectivity index (χ1n) is 7.86. The van der Waals surface area contributed by atoms with Crippen molar-refractivity contribution in [1.82, 2.24) is 14.9 Å². The van der Waals surface area contributed by atoms with Gasteiger partial charge in [0.2, 0.25) is 5.95 Å². The number of hydrogen-bond acceptors (Lipinski definition) is 5. The van der Waals surface area contributed by atoms with E-state index in [4.69, 9.17) is 4.74 Å². The number of nitrogens with zero attached hydrogens (tertiary/aromatic N) is 4. The minimum atomic E-state index is -0.167. The molecule has 2 unspecified atom stereocenters. The molecule has 1 aromatic heterocycles. The van der Waals surface area contributed by atoms with Gasteiger partial charge in [0.05, 0.1) is 17.1 Å². The lowest BCUT2D eigenvalue weighted by Crippen LogP contribution is -2.64. The average molecular weight is 369 g/mol. The molecule has 0 N–H and O–H groups in total. The molecule has 2 atom stereocenters. The molecule has 3 aliphatic rings. The number of aromatic nitrogens is 2. The zero-order valence-electron chi connectivity index (χ0n) is 12.7. The molecule has 3 aliphatic heterocycles. The number of carbonyl (C=O) groups is 1. The van der Waals surface area contributed by atoms with Crippen LogP contribution >= 0.6 is 15.9 Å². The molecule has 0 aliphatic carbocycles. The summed E-state index contributed by atoms with van der Waals surface area (Å²) < 4.78 is 6.24. The lowest BCUT2D eigenvalue weighted by atomic mass is 9.91. The molecule has 3 fully saturated rings. The summed E-state index contributed by atoms with van der Waals surface area (Å²) in [5, 5.41) is 0. The highest BCUT2D eigenvalue weighted by Gasteiger charge is 2.42. The summed E-state index contributed by atoms with van der Waals surface area (Å²) in [6.07, 6.45) is 7.42. The van der Waals surface area contributed by atoms with E-state index in [0.29, 0.717) is 13.2 Å². The highest BCUT2D eigenvalue weighted by atomic mass is 79.9. The van der Waals surface area contributed by atoms with Gasteiger partial charge in [0, 0.05) is 31.5 Å². The number of hydrogen-bond donors (Lipinski definition) is 0. The SMILES string of the molecule is CCCCOC(=O)N1CC2CCC1CN2c1ncc(Br)cn1. The quantitative estimate of drug-likeness (QED) is 0.764. The zero-order chi connectivity index (χ0) is 15.5. The van der Waals surface area contributed by atoms with E-state index in [0.717, 1.165) is 42.6 Å². The maximum Gasteiger partial charge on any atom is 0.410 e.